The molecule has 0 saturated heterocycles. The minimum atomic E-state index is -1.83. The second kappa shape index (κ2) is 6.96. The Bertz CT molecular complexity index is 473. The number of carboxylic acid groups (broad SMARTS) is 2. The van der Waals surface area contributed by atoms with Gasteiger partial charge in [-0.2, -0.15) is 0 Å². The summed E-state index contributed by atoms with van der Waals surface area (Å²) in [5.74, 6) is 0.893. The van der Waals surface area contributed by atoms with Gasteiger partial charge in [-0.25, -0.2) is 4.79 Å². The molecule has 0 spiro atoms. The van der Waals surface area contributed by atoms with Crippen LogP contribution in [0.1, 0.15) is 0 Å². The van der Waals surface area contributed by atoms with E-state index in [-0.39, 0.29) is 0 Å². The maximum atomic E-state index is 8.56. The molecule has 0 aromatic heterocycles. The molecule has 0 aliphatic heterocycles. The van der Waals surface area contributed by atoms with Crippen LogP contribution < -0.4 is 4.74 Å². The number of benzene rings is 2. The summed E-state index contributed by atoms with van der Waals surface area (Å²) in [6.45, 7) is 0. The maximum Gasteiger partial charge on any atom is 0.503 e. The molecular formula is C14H14O4. The average molecular weight is 246 g/mol. The van der Waals surface area contributed by atoms with Crippen molar-refractivity contribution in [2.75, 3.05) is 7.11 Å². The SMILES string of the molecule is COc1ccc(-c2ccccc2)cc1.O=C(O)O. The lowest BCUT2D eigenvalue weighted by Crippen LogP contribution is -1.82. The average Bonchev–Trinajstić information content (AvgIpc) is 2.39. The molecule has 0 atom stereocenters. The molecule has 0 heterocycles. The van der Waals surface area contributed by atoms with Crippen molar-refractivity contribution in [3.05, 3.63) is 54.6 Å². The largest absolute Gasteiger partial charge is 0.503 e. The summed E-state index contributed by atoms with van der Waals surface area (Å²) in [5, 5.41) is 13.9. The summed E-state index contributed by atoms with van der Waals surface area (Å²) in [6.07, 6.45) is -1.83. The monoisotopic (exact) mass is 246 g/mol. The van der Waals surface area contributed by atoms with E-state index in [1.165, 1.54) is 11.1 Å². The highest BCUT2D eigenvalue weighted by atomic mass is 16.6. The van der Waals surface area contributed by atoms with Gasteiger partial charge in [-0.15, -0.1) is 0 Å². The summed E-state index contributed by atoms with van der Waals surface area (Å²) in [4.78, 5) is 8.56. The van der Waals surface area contributed by atoms with Crippen LogP contribution in [0.25, 0.3) is 11.1 Å². The zero-order valence-electron chi connectivity index (χ0n) is 9.91. The van der Waals surface area contributed by atoms with E-state index in [9.17, 15) is 0 Å². The Morgan fingerprint density at radius 1 is 0.889 bits per heavy atom. The van der Waals surface area contributed by atoms with Crippen molar-refractivity contribution in [1.82, 2.24) is 0 Å². The Morgan fingerprint density at radius 2 is 1.33 bits per heavy atom. The van der Waals surface area contributed by atoms with Crippen molar-refractivity contribution >= 4 is 6.16 Å². The van der Waals surface area contributed by atoms with Crippen LogP contribution in [0.3, 0.4) is 0 Å². The van der Waals surface area contributed by atoms with Crippen molar-refractivity contribution < 1.29 is 19.7 Å². The maximum absolute atomic E-state index is 8.56. The minimum absolute atomic E-state index is 0.893. The molecule has 4 nitrogen and oxygen atoms in total. The molecule has 94 valence electrons. The predicted molar refractivity (Wildman–Crippen MR) is 69.1 cm³/mol. The Morgan fingerprint density at radius 3 is 1.78 bits per heavy atom. The van der Waals surface area contributed by atoms with Crippen LogP contribution in [0.15, 0.2) is 54.6 Å². The molecule has 0 bridgehead atoms. The fourth-order valence-corrected chi connectivity index (χ4v) is 1.41. The van der Waals surface area contributed by atoms with Crippen molar-refractivity contribution in [2.45, 2.75) is 0 Å². The van der Waals surface area contributed by atoms with Crippen LogP contribution in [-0.4, -0.2) is 23.5 Å². The van der Waals surface area contributed by atoms with Gasteiger partial charge in [0.05, 0.1) is 7.11 Å². The first-order valence-corrected chi connectivity index (χ1v) is 5.25. The lowest BCUT2D eigenvalue weighted by atomic mass is 10.1. The van der Waals surface area contributed by atoms with E-state index in [1.54, 1.807) is 7.11 Å². The van der Waals surface area contributed by atoms with Crippen LogP contribution in [-0.2, 0) is 0 Å². The van der Waals surface area contributed by atoms with E-state index in [0.29, 0.717) is 0 Å². The molecule has 2 aromatic carbocycles. The lowest BCUT2D eigenvalue weighted by molar-refractivity contribution is 0.137. The fraction of sp³-hybridized carbons (Fsp3) is 0.0714. The van der Waals surface area contributed by atoms with Gasteiger partial charge in [-0.1, -0.05) is 42.5 Å². The van der Waals surface area contributed by atoms with Crippen molar-refractivity contribution in [3.8, 4) is 16.9 Å². The van der Waals surface area contributed by atoms with Crippen molar-refractivity contribution in [3.63, 3.8) is 0 Å². The first-order valence-electron chi connectivity index (χ1n) is 5.25. The molecule has 2 rings (SSSR count). The third-order valence-corrected chi connectivity index (χ3v) is 2.20. The van der Waals surface area contributed by atoms with Gasteiger partial charge in [0.2, 0.25) is 0 Å². The number of hydrogen-bond donors (Lipinski definition) is 2. The summed E-state index contributed by atoms with van der Waals surface area (Å²) in [7, 11) is 1.68. The fourth-order valence-electron chi connectivity index (χ4n) is 1.41. The molecule has 0 amide bonds. The highest BCUT2D eigenvalue weighted by molar-refractivity contribution is 5.63. The van der Waals surface area contributed by atoms with Gasteiger partial charge >= 0.3 is 6.16 Å². The van der Waals surface area contributed by atoms with E-state index in [4.69, 9.17) is 19.7 Å². The van der Waals surface area contributed by atoms with Gasteiger partial charge in [0.1, 0.15) is 5.75 Å². The van der Waals surface area contributed by atoms with E-state index < -0.39 is 6.16 Å². The summed E-state index contributed by atoms with van der Waals surface area (Å²) < 4.78 is 5.11. The smallest absolute Gasteiger partial charge is 0.497 e. The number of methoxy groups -OCH3 is 1. The molecule has 0 fully saturated rings. The first kappa shape index (κ1) is 13.6. The number of hydrogen-bond acceptors (Lipinski definition) is 2. The zero-order chi connectivity index (χ0) is 13.4. The molecule has 0 aliphatic carbocycles. The van der Waals surface area contributed by atoms with Crippen LogP contribution in [0, 0.1) is 0 Å². The van der Waals surface area contributed by atoms with E-state index in [2.05, 4.69) is 24.3 Å². The quantitative estimate of drug-likeness (QED) is 0.849. The van der Waals surface area contributed by atoms with Gasteiger partial charge in [0, 0.05) is 0 Å². The summed E-state index contributed by atoms with van der Waals surface area (Å²) >= 11 is 0. The minimum Gasteiger partial charge on any atom is -0.497 e. The third-order valence-electron chi connectivity index (χ3n) is 2.20. The van der Waals surface area contributed by atoms with E-state index in [0.717, 1.165) is 5.75 Å². The second-order valence-electron chi connectivity index (χ2n) is 3.38. The highest BCUT2D eigenvalue weighted by Crippen LogP contribution is 2.21. The summed E-state index contributed by atoms with van der Waals surface area (Å²) in [6, 6.07) is 18.4. The molecule has 4 heteroatoms. The highest BCUT2D eigenvalue weighted by Gasteiger charge is 1.95. The van der Waals surface area contributed by atoms with E-state index >= 15 is 0 Å². The molecule has 0 aliphatic rings. The number of ether oxygens (including phenoxy) is 1. The van der Waals surface area contributed by atoms with Gasteiger partial charge in [0.15, 0.2) is 0 Å². The topological polar surface area (TPSA) is 66.8 Å². The van der Waals surface area contributed by atoms with Gasteiger partial charge in [-0.3, -0.25) is 0 Å². The Balaban J connectivity index is 0.000000357. The normalized spacial score (nSPS) is 8.94. The second-order valence-corrected chi connectivity index (χ2v) is 3.38. The van der Waals surface area contributed by atoms with E-state index in [1.807, 2.05) is 30.3 Å². The van der Waals surface area contributed by atoms with Crippen LogP contribution in [0.4, 0.5) is 4.79 Å². The van der Waals surface area contributed by atoms with Crippen LogP contribution in [0.5, 0.6) is 5.75 Å². The summed E-state index contributed by atoms with van der Waals surface area (Å²) in [5.41, 5.74) is 2.45. The molecule has 0 radical (unpaired) electrons. The van der Waals surface area contributed by atoms with Gasteiger partial charge < -0.3 is 14.9 Å². The Labute approximate surface area is 105 Å². The zero-order valence-corrected chi connectivity index (χ0v) is 9.91. The first-order chi connectivity index (χ1) is 8.63. The van der Waals surface area contributed by atoms with Crippen molar-refractivity contribution in [1.29, 1.82) is 0 Å². The van der Waals surface area contributed by atoms with Gasteiger partial charge in [0.25, 0.3) is 0 Å². The Hall–Kier alpha value is -2.49. The standard InChI is InChI=1S/C13H12O.CH2O3/c1-14-13-9-7-12(8-10-13)11-5-3-2-4-6-11;2-1(3)4/h2-10H,1H3;(H2,2,3,4). The van der Waals surface area contributed by atoms with Gasteiger partial charge in [-0.05, 0) is 23.3 Å². The number of carbonyl (C=O) groups is 1. The van der Waals surface area contributed by atoms with Crippen LogP contribution in [0.2, 0.25) is 0 Å². The Kier molecular flexibility index (Phi) is 5.25. The predicted octanol–water partition coefficient (Wildman–Crippen LogP) is 3.58. The molecule has 0 saturated carbocycles. The molecule has 18 heavy (non-hydrogen) atoms. The van der Waals surface area contributed by atoms with Crippen molar-refractivity contribution in [2.24, 2.45) is 0 Å². The molecule has 2 aromatic rings. The molecule has 0 unspecified atom stereocenters. The third kappa shape index (κ3) is 4.57. The molecule has 2 N–H and O–H groups in total. The van der Waals surface area contributed by atoms with Crippen LogP contribution >= 0.6 is 0 Å². The molecular weight excluding hydrogens is 232 g/mol. The number of rotatable bonds is 2. The lowest BCUT2D eigenvalue weighted by Gasteiger charge is -2.02.